The van der Waals surface area contributed by atoms with Crippen molar-refractivity contribution in [3.63, 3.8) is 0 Å². The van der Waals surface area contributed by atoms with Crippen molar-refractivity contribution in [1.82, 2.24) is 0 Å². The van der Waals surface area contributed by atoms with E-state index in [0.29, 0.717) is 15.8 Å². The molecule has 106 valence electrons. The van der Waals surface area contributed by atoms with E-state index in [-0.39, 0.29) is 6.04 Å². The van der Waals surface area contributed by atoms with Crippen molar-refractivity contribution in [2.45, 2.75) is 26.3 Å². The van der Waals surface area contributed by atoms with Crippen LogP contribution in [-0.4, -0.2) is 6.04 Å². The highest BCUT2D eigenvalue weighted by atomic mass is 35.5. The highest BCUT2D eigenvalue weighted by Gasteiger charge is 2.08. The van der Waals surface area contributed by atoms with Crippen molar-refractivity contribution in [2.75, 3.05) is 0 Å². The summed E-state index contributed by atoms with van der Waals surface area (Å²) in [5, 5.41) is 0.904. The molecule has 4 heteroatoms. The topological polar surface area (TPSA) is 35.2 Å². The van der Waals surface area contributed by atoms with E-state index >= 15 is 0 Å². The fourth-order valence-corrected chi connectivity index (χ4v) is 2.33. The van der Waals surface area contributed by atoms with Crippen LogP contribution in [-0.2, 0) is 6.42 Å². The first kappa shape index (κ1) is 15.2. The fraction of sp³-hybridized carbons (Fsp3) is 0.250. The zero-order valence-corrected chi connectivity index (χ0v) is 13.0. The molecule has 20 heavy (non-hydrogen) atoms. The molecule has 0 fully saturated rings. The molecule has 0 aromatic heterocycles. The van der Waals surface area contributed by atoms with Gasteiger partial charge in [0.25, 0.3) is 0 Å². The Hall–Kier alpha value is -1.22. The van der Waals surface area contributed by atoms with Gasteiger partial charge in [0.2, 0.25) is 0 Å². The van der Waals surface area contributed by atoms with Crippen LogP contribution < -0.4 is 10.5 Å². The van der Waals surface area contributed by atoms with E-state index in [2.05, 4.69) is 0 Å². The summed E-state index contributed by atoms with van der Waals surface area (Å²) in [6, 6.07) is 11.4. The van der Waals surface area contributed by atoms with Crippen molar-refractivity contribution >= 4 is 23.2 Å². The van der Waals surface area contributed by atoms with Gasteiger partial charge in [-0.05, 0) is 55.7 Å². The predicted molar refractivity (Wildman–Crippen MR) is 85.1 cm³/mol. The zero-order chi connectivity index (χ0) is 14.7. The smallest absolute Gasteiger partial charge is 0.147 e. The number of hydrogen-bond acceptors (Lipinski definition) is 2. The average Bonchev–Trinajstić information content (AvgIpc) is 2.38. The van der Waals surface area contributed by atoms with E-state index in [1.54, 1.807) is 18.2 Å². The summed E-state index contributed by atoms with van der Waals surface area (Å²) >= 11 is 12.1. The van der Waals surface area contributed by atoms with Gasteiger partial charge in [-0.15, -0.1) is 0 Å². The van der Waals surface area contributed by atoms with Crippen LogP contribution in [0, 0.1) is 6.92 Å². The summed E-state index contributed by atoms with van der Waals surface area (Å²) in [5.41, 5.74) is 8.21. The summed E-state index contributed by atoms with van der Waals surface area (Å²) in [7, 11) is 0. The van der Waals surface area contributed by atoms with Gasteiger partial charge in [0.05, 0.1) is 5.02 Å². The van der Waals surface area contributed by atoms with Crippen LogP contribution in [0.4, 0.5) is 0 Å². The van der Waals surface area contributed by atoms with Gasteiger partial charge < -0.3 is 10.5 Å². The summed E-state index contributed by atoms with van der Waals surface area (Å²) < 4.78 is 5.78. The molecule has 0 amide bonds. The molecule has 0 aliphatic carbocycles. The number of hydrogen-bond donors (Lipinski definition) is 1. The molecule has 2 aromatic carbocycles. The van der Waals surface area contributed by atoms with Gasteiger partial charge in [0.15, 0.2) is 0 Å². The third-order valence-corrected chi connectivity index (χ3v) is 3.80. The van der Waals surface area contributed by atoms with Gasteiger partial charge >= 0.3 is 0 Å². The van der Waals surface area contributed by atoms with Crippen LogP contribution in [0.1, 0.15) is 18.1 Å². The molecule has 2 nitrogen and oxygen atoms in total. The number of rotatable bonds is 4. The monoisotopic (exact) mass is 309 g/mol. The second-order valence-corrected chi connectivity index (χ2v) is 5.71. The largest absolute Gasteiger partial charge is 0.456 e. The van der Waals surface area contributed by atoms with Crippen LogP contribution in [0.15, 0.2) is 36.4 Å². The van der Waals surface area contributed by atoms with Crippen molar-refractivity contribution in [3.8, 4) is 11.5 Å². The van der Waals surface area contributed by atoms with Gasteiger partial charge in [-0.25, -0.2) is 0 Å². The molecule has 2 aromatic rings. The minimum Gasteiger partial charge on any atom is -0.456 e. The first-order chi connectivity index (χ1) is 9.47. The molecular formula is C16H17Cl2NO. The highest BCUT2D eigenvalue weighted by molar-refractivity contribution is 6.42. The maximum atomic E-state index is 6.11. The lowest BCUT2D eigenvalue weighted by atomic mass is 10.0. The number of nitrogens with two attached hydrogens (primary N) is 1. The molecule has 2 rings (SSSR count). The first-order valence-corrected chi connectivity index (χ1v) is 7.20. The molecule has 0 aliphatic heterocycles. The van der Waals surface area contributed by atoms with E-state index in [0.717, 1.165) is 17.7 Å². The van der Waals surface area contributed by atoms with E-state index in [4.69, 9.17) is 33.7 Å². The van der Waals surface area contributed by atoms with Gasteiger partial charge in [-0.2, -0.15) is 0 Å². The Morgan fingerprint density at radius 1 is 1.20 bits per heavy atom. The van der Waals surface area contributed by atoms with Gasteiger partial charge in [-0.3, -0.25) is 0 Å². The number of halogens is 2. The maximum Gasteiger partial charge on any atom is 0.147 e. The summed E-state index contributed by atoms with van der Waals surface area (Å²) in [4.78, 5) is 0. The minimum absolute atomic E-state index is 0.142. The first-order valence-electron chi connectivity index (χ1n) is 6.44. The van der Waals surface area contributed by atoms with Gasteiger partial charge in [0.1, 0.15) is 16.5 Å². The lowest BCUT2D eigenvalue weighted by Gasteiger charge is -2.12. The van der Waals surface area contributed by atoms with Crippen molar-refractivity contribution in [1.29, 1.82) is 0 Å². The van der Waals surface area contributed by atoms with Crippen molar-refractivity contribution < 1.29 is 4.74 Å². The molecule has 1 unspecified atom stereocenters. The third kappa shape index (κ3) is 3.66. The Morgan fingerprint density at radius 3 is 2.60 bits per heavy atom. The number of aryl methyl sites for hydroxylation is 1. The Balaban J connectivity index is 2.22. The quantitative estimate of drug-likeness (QED) is 0.864. The molecule has 0 bridgehead atoms. The lowest BCUT2D eigenvalue weighted by molar-refractivity contribution is 0.482. The highest BCUT2D eigenvalue weighted by Crippen LogP contribution is 2.35. The van der Waals surface area contributed by atoms with E-state index < -0.39 is 0 Å². The predicted octanol–water partition coefficient (Wildman–Crippen LogP) is 4.98. The molecule has 2 N–H and O–H groups in total. The van der Waals surface area contributed by atoms with Crippen LogP contribution >= 0.6 is 23.2 Å². The van der Waals surface area contributed by atoms with E-state index in [1.807, 2.05) is 32.0 Å². The third-order valence-electron chi connectivity index (χ3n) is 3.00. The van der Waals surface area contributed by atoms with E-state index in [1.165, 1.54) is 5.56 Å². The summed E-state index contributed by atoms with van der Waals surface area (Å²) in [5.74, 6) is 1.29. The molecule has 0 radical (unpaired) electrons. The normalized spacial score (nSPS) is 12.2. The standard InChI is InChI=1S/C16H17Cl2NO/c1-10-8-13(7-6-12(10)9-11(2)19)20-15-5-3-4-14(17)16(15)18/h3-8,11H,9,19H2,1-2H3. The van der Waals surface area contributed by atoms with Gasteiger partial charge in [-0.1, -0.05) is 35.3 Å². The Labute approximate surface area is 129 Å². The average molecular weight is 310 g/mol. The van der Waals surface area contributed by atoms with Crippen LogP contribution in [0.2, 0.25) is 10.0 Å². The van der Waals surface area contributed by atoms with Crippen LogP contribution in [0.3, 0.4) is 0 Å². The molecule has 0 saturated carbocycles. The second kappa shape index (κ2) is 6.49. The molecule has 0 heterocycles. The van der Waals surface area contributed by atoms with Crippen LogP contribution in [0.5, 0.6) is 11.5 Å². The fourth-order valence-electron chi connectivity index (χ4n) is 2.00. The van der Waals surface area contributed by atoms with Crippen molar-refractivity contribution in [3.05, 3.63) is 57.6 Å². The Kier molecular flexibility index (Phi) is 4.92. The van der Waals surface area contributed by atoms with E-state index in [9.17, 15) is 0 Å². The lowest BCUT2D eigenvalue weighted by Crippen LogP contribution is -2.18. The molecule has 0 spiro atoms. The molecular weight excluding hydrogens is 293 g/mol. The Bertz CT molecular complexity index is 611. The molecule has 0 saturated heterocycles. The van der Waals surface area contributed by atoms with Crippen LogP contribution in [0.25, 0.3) is 0 Å². The second-order valence-electron chi connectivity index (χ2n) is 4.92. The van der Waals surface area contributed by atoms with Crippen molar-refractivity contribution in [2.24, 2.45) is 5.73 Å². The zero-order valence-electron chi connectivity index (χ0n) is 11.5. The molecule has 0 aliphatic rings. The van der Waals surface area contributed by atoms with Gasteiger partial charge in [0, 0.05) is 6.04 Å². The SMILES string of the molecule is Cc1cc(Oc2cccc(Cl)c2Cl)ccc1CC(C)N. The molecule has 1 atom stereocenters. The Morgan fingerprint density at radius 2 is 1.95 bits per heavy atom. The maximum absolute atomic E-state index is 6.11. The summed E-state index contributed by atoms with van der Waals surface area (Å²) in [6.07, 6.45) is 0.851. The minimum atomic E-state index is 0.142. The number of benzene rings is 2. The summed E-state index contributed by atoms with van der Waals surface area (Å²) in [6.45, 7) is 4.04. The number of ether oxygens (including phenoxy) is 1.